The Morgan fingerprint density at radius 3 is 2.17 bits per heavy atom. The summed E-state index contributed by atoms with van der Waals surface area (Å²) in [7, 11) is 0. The highest BCUT2D eigenvalue weighted by Gasteiger charge is 2.09. The molecule has 3 rings (SSSR count). The molecule has 0 atom stereocenters. The number of fused-ring (bicyclic) bond motifs is 1. The van der Waals surface area contributed by atoms with Gasteiger partial charge in [-0.15, -0.1) is 0 Å². The number of nitrogens with one attached hydrogen (secondary N) is 2. The number of aromatic amines is 1. The largest absolute Gasteiger partial charge is 0.380 e. The summed E-state index contributed by atoms with van der Waals surface area (Å²) in [4.78, 5) is 15.5. The van der Waals surface area contributed by atoms with Crippen molar-refractivity contribution in [2.24, 2.45) is 0 Å². The Morgan fingerprint density at radius 2 is 1.50 bits per heavy atom. The summed E-state index contributed by atoms with van der Waals surface area (Å²) in [5.74, 6) is 0. The van der Waals surface area contributed by atoms with Crippen molar-refractivity contribution in [2.75, 3.05) is 5.32 Å². The second-order valence-electron chi connectivity index (χ2n) is 6.74. The van der Waals surface area contributed by atoms with Crippen molar-refractivity contribution in [3.8, 4) is 0 Å². The van der Waals surface area contributed by atoms with Crippen molar-refractivity contribution < 1.29 is 0 Å². The van der Waals surface area contributed by atoms with E-state index in [0.717, 1.165) is 27.7 Å². The molecule has 24 heavy (non-hydrogen) atoms. The van der Waals surface area contributed by atoms with Gasteiger partial charge in [0.1, 0.15) is 0 Å². The molecule has 0 bridgehead atoms. The molecule has 3 heteroatoms. The molecule has 0 unspecified atom stereocenters. The lowest BCUT2D eigenvalue weighted by Crippen LogP contribution is -2.17. The van der Waals surface area contributed by atoms with Crippen LogP contribution in [0.15, 0.2) is 35.1 Å². The molecule has 3 aromatic rings. The quantitative estimate of drug-likeness (QED) is 0.736. The first-order chi connectivity index (χ1) is 11.4. The molecular weight excluding hydrogens is 296 g/mol. The Bertz CT molecular complexity index is 960. The van der Waals surface area contributed by atoms with Crippen LogP contribution in [0.1, 0.15) is 33.4 Å². The highest BCUT2D eigenvalue weighted by atomic mass is 16.1. The number of pyridine rings is 1. The number of aromatic nitrogens is 1. The summed E-state index contributed by atoms with van der Waals surface area (Å²) in [5.41, 5.74) is 8.72. The second kappa shape index (κ2) is 6.16. The lowest BCUT2D eigenvalue weighted by molar-refractivity contribution is 1.07. The molecule has 2 N–H and O–H groups in total. The molecule has 0 aliphatic heterocycles. The Balaban J connectivity index is 1.98. The van der Waals surface area contributed by atoms with Gasteiger partial charge in [0, 0.05) is 23.2 Å². The van der Waals surface area contributed by atoms with Crippen LogP contribution in [0.5, 0.6) is 0 Å². The molecule has 2 aromatic carbocycles. The van der Waals surface area contributed by atoms with Crippen LogP contribution in [-0.2, 0) is 6.54 Å². The normalized spacial score (nSPS) is 11.0. The summed E-state index contributed by atoms with van der Waals surface area (Å²) in [5, 5.41) is 4.56. The summed E-state index contributed by atoms with van der Waals surface area (Å²) in [6.07, 6.45) is 0. The maximum atomic E-state index is 12.4. The van der Waals surface area contributed by atoms with Crippen molar-refractivity contribution in [1.29, 1.82) is 0 Å². The topological polar surface area (TPSA) is 44.9 Å². The highest BCUT2D eigenvalue weighted by Crippen LogP contribution is 2.23. The van der Waals surface area contributed by atoms with Crippen molar-refractivity contribution in [1.82, 2.24) is 4.98 Å². The third-order valence-electron chi connectivity index (χ3n) is 4.65. The van der Waals surface area contributed by atoms with Crippen LogP contribution in [0.2, 0.25) is 0 Å². The van der Waals surface area contributed by atoms with E-state index in [9.17, 15) is 4.79 Å². The molecule has 0 aliphatic carbocycles. The second-order valence-corrected chi connectivity index (χ2v) is 6.74. The van der Waals surface area contributed by atoms with E-state index in [0.29, 0.717) is 6.54 Å². The Labute approximate surface area is 142 Å². The van der Waals surface area contributed by atoms with Crippen molar-refractivity contribution in [2.45, 2.75) is 41.2 Å². The predicted octanol–water partition coefficient (Wildman–Crippen LogP) is 4.68. The van der Waals surface area contributed by atoms with Gasteiger partial charge in [-0.1, -0.05) is 29.8 Å². The molecule has 0 aliphatic rings. The fourth-order valence-electron chi connectivity index (χ4n) is 3.39. The maximum absolute atomic E-state index is 12.4. The molecular formula is C21H24N2O. The van der Waals surface area contributed by atoms with E-state index >= 15 is 0 Å². The summed E-state index contributed by atoms with van der Waals surface area (Å²) in [6.45, 7) is 10.9. The zero-order valence-corrected chi connectivity index (χ0v) is 15.0. The number of anilines is 1. The van der Waals surface area contributed by atoms with Gasteiger partial charge in [0.25, 0.3) is 5.56 Å². The van der Waals surface area contributed by atoms with Crippen molar-refractivity contribution in [3.63, 3.8) is 0 Å². The monoisotopic (exact) mass is 320 g/mol. The summed E-state index contributed by atoms with van der Waals surface area (Å²) >= 11 is 0. The third kappa shape index (κ3) is 2.94. The van der Waals surface area contributed by atoms with Gasteiger partial charge in [0.15, 0.2) is 0 Å². The first-order valence-corrected chi connectivity index (χ1v) is 8.30. The van der Waals surface area contributed by atoms with Crippen LogP contribution in [0.3, 0.4) is 0 Å². The average Bonchev–Trinajstić information content (AvgIpc) is 2.51. The predicted molar refractivity (Wildman–Crippen MR) is 102 cm³/mol. The van der Waals surface area contributed by atoms with E-state index in [1.165, 1.54) is 22.3 Å². The minimum absolute atomic E-state index is 0.0221. The highest BCUT2D eigenvalue weighted by molar-refractivity contribution is 5.85. The van der Waals surface area contributed by atoms with Crippen LogP contribution < -0.4 is 10.9 Å². The minimum atomic E-state index is -0.0221. The molecule has 0 spiro atoms. The van der Waals surface area contributed by atoms with E-state index < -0.39 is 0 Å². The van der Waals surface area contributed by atoms with E-state index in [1.54, 1.807) is 0 Å². The fourth-order valence-corrected chi connectivity index (χ4v) is 3.39. The lowest BCUT2D eigenvalue weighted by Gasteiger charge is -2.14. The summed E-state index contributed by atoms with van der Waals surface area (Å²) < 4.78 is 0. The number of hydrogen-bond donors (Lipinski definition) is 2. The van der Waals surface area contributed by atoms with Gasteiger partial charge in [-0.2, -0.15) is 0 Å². The van der Waals surface area contributed by atoms with Crippen molar-refractivity contribution >= 4 is 16.6 Å². The van der Waals surface area contributed by atoms with Crippen molar-refractivity contribution in [3.05, 3.63) is 74.1 Å². The zero-order valence-electron chi connectivity index (χ0n) is 15.0. The maximum Gasteiger partial charge on any atom is 0.253 e. The first kappa shape index (κ1) is 16.3. The van der Waals surface area contributed by atoms with Gasteiger partial charge in [-0.3, -0.25) is 4.79 Å². The number of aryl methyl sites for hydroxylation is 5. The van der Waals surface area contributed by atoms with E-state index in [1.807, 2.05) is 19.1 Å². The number of rotatable bonds is 3. The molecule has 1 heterocycles. The molecule has 0 fully saturated rings. The lowest BCUT2D eigenvalue weighted by atomic mass is 10.0. The Hall–Kier alpha value is -2.55. The van der Waals surface area contributed by atoms with E-state index in [-0.39, 0.29) is 5.56 Å². The molecule has 0 radical (unpaired) electrons. The van der Waals surface area contributed by atoms with Crippen LogP contribution in [0.4, 0.5) is 5.69 Å². The van der Waals surface area contributed by atoms with Gasteiger partial charge in [0.05, 0.1) is 5.52 Å². The van der Waals surface area contributed by atoms with Crippen LogP contribution in [-0.4, -0.2) is 4.98 Å². The number of benzene rings is 2. The molecule has 3 nitrogen and oxygen atoms in total. The van der Waals surface area contributed by atoms with E-state index in [4.69, 9.17) is 0 Å². The minimum Gasteiger partial charge on any atom is -0.380 e. The third-order valence-corrected chi connectivity index (χ3v) is 4.65. The molecule has 124 valence electrons. The molecule has 0 saturated heterocycles. The van der Waals surface area contributed by atoms with Gasteiger partial charge >= 0.3 is 0 Å². The smallest absolute Gasteiger partial charge is 0.253 e. The van der Waals surface area contributed by atoms with Crippen LogP contribution in [0.25, 0.3) is 10.9 Å². The standard InChI is InChI=1S/C21H24N2O/c1-12-8-15(4)19(16(5)9-12)22-11-17-10-18-13(2)6-7-14(3)20(18)23-21(17)24/h6-10,22H,11H2,1-5H3,(H,23,24). The first-order valence-electron chi connectivity index (χ1n) is 8.30. The number of H-pyrrole nitrogens is 1. The summed E-state index contributed by atoms with van der Waals surface area (Å²) in [6, 6.07) is 10.5. The van der Waals surface area contributed by atoms with E-state index in [2.05, 4.69) is 56.2 Å². The zero-order chi connectivity index (χ0) is 17.4. The van der Waals surface area contributed by atoms with Gasteiger partial charge in [-0.05, 0) is 62.9 Å². The fraction of sp³-hybridized carbons (Fsp3) is 0.286. The molecule has 1 aromatic heterocycles. The average molecular weight is 320 g/mol. The Kier molecular flexibility index (Phi) is 4.18. The molecule has 0 saturated carbocycles. The van der Waals surface area contributed by atoms with Crippen LogP contribution >= 0.6 is 0 Å². The van der Waals surface area contributed by atoms with Gasteiger partial charge in [-0.25, -0.2) is 0 Å². The van der Waals surface area contributed by atoms with Gasteiger partial charge in [0.2, 0.25) is 0 Å². The van der Waals surface area contributed by atoms with Gasteiger partial charge < -0.3 is 10.3 Å². The molecule has 0 amide bonds. The SMILES string of the molecule is Cc1cc(C)c(NCc2cc3c(C)ccc(C)c3[nH]c2=O)c(C)c1. The van der Waals surface area contributed by atoms with Crippen LogP contribution in [0, 0.1) is 34.6 Å². The Morgan fingerprint density at radius 1 is 0.875 bits per heavy atom. The number of hydrogen-bond acceptors (Lipinski definition) is 2.